The summed E-state index contributed by atoms with van der Waals surface area (Å²) in [4.78, 5) is 2.55. The van der Waals surface area contributed by atoms with Gasteiger partial charge in [0.1, 0.15) is 11.9 Å². The molecular weight excluding hydrogens is 645 g/mol. The van der Waals surface area contributed by atoms with E-state index < -0.39 is 0 Å². The number of rotatable bonds is 4. The maximum Gasteiger partial charge on any atom is 0.128 e. The second-order valence-electron chi connectivity index (χ2n) is 15.8. The second-order valence-corrected chi connectivity index (χ2v) is 15.8. The number of hydrogen-bond donors (Lipinski definition) is 0. The summed E-state index contributed by atoms with van der Waals surface area (Å²) >= 11 is 0. The predicted molar refractivity (Wildman–Crippen MR) is 220 cm³/mol. The topological polar surface area (TPSA) is 17.4 Å². The first kappa shape index (κ1) is 31.0. The van der Waals surface area contributed by atoms with Gasteiger partial charge in [0.05, 0.1) is 6.04 Å². The van der Waals surface area contributed by atoms with Gasteiger partial charge >= 0.3 is 0 Å². The van der Waals surface area contributed by atoms with E-state index in [0.29, 0.717) is 11.8 Å². The fourth-order valence-corrected chi connectivity index (χ4v) is 10.4. The molecule has 3 nitrogen and oxygen atoms in total. The van der Waals surface area contributed by atoms with Crippen molar-refractivity contribution in [1.29, 1.82) is 0 Å². The Morgan fingerprint density at radius 2 is 1.62 bits per heavy atom. The zero-order valence-corrected chi connectivity index (χ0v) is 30.3. The van der Waals surface area contributed by atoms with E-state index in [9.17, 15) is 0 Å². The lowest BCUT2D eigenvalue weighted by Crippen LogP contribution is -2.29. The maximum atomic E-state index is 6.56. The second kappa shape index (κ2) is 12.3. The largest absolute Gasteiger partial charge is 0.486 e. The fraction of sp³-hybridized carbons (Fsp3) is 0.240. The molecule has 11 rings (SSSR count). The molecule has 3 heteroatoms. The third-order valence-corrected chi connectivity index (χ3v) is 13.0. The van der Waals surface area contributed by atoms with E-state index in [1.54, 1.807) is 0 Å². The Labute approximate surface area is 312 Å². The molecule has 0 spiro atoms. The van der Waals surface area contributed by atoms with Crippen molar-refractivity contribution in [3.8, 4) is 5.75 Å². The van der Waals surface area contributed by atoms with Crippen molar-refractivity contribution in [2.75, 3.05) is 4.90 Å². The van der Waals surface area contributed by atoms with Crippen LogP contribution in [0, 0.1) is 11.8 Å². The van der Waals surface area contributed by atoms with Crippen molar-refractivity contribution < 1.29 is 4.74 Å². The quantitative estimate of drug-likeness (QED) is 0.175. The summed E-state index contributed by atoms with van der Waals surface area (Å²) in [7, 11) is 0. The van der Waals surface area contributed by atoms with E-state index in [0.717, 1.165) is 30.9 Å². The van der Waals surface area contributed by atoms with Gasteiger partial charge in [-0.1, -0.05) is 103 Å². The van der Waals surface area contributed by atoms with Gasteiger partial charge in [0, 0.05) is 55.9 Å². The Bertz CT molecular complexity index is 2550. The molecule has 4 unspecified atom stereocenters. The summed E-state index contributed by atoms with van der Waals surface area (Å²) in [5.41, 5.74) is 14.7. The Morgan fingerprint density at radius 3 is 2.53 bits per heavy atom. The van der Waals surface area contributed by atoms with Gasteiger partial charge in [-0.2, -0.15) is 0 Å². The van der Waals surface area contributed by atoms with Gasteiger partial charge in [-0.25, -0.2) is 0 Å². The Morgan fingerprint density at radius 1 is 0.755 bits per heavy atom. The minimum absolute atomic E-state index is 0.00294. The average Bonchev–Trinajstić information content (AvgIpc) is 3.73. The number of hydrogen-bond acceptors (Lipinski definition) is 2. The number of para-hydroxylation sites is 3. The van der Waals surface area contributed by atoms with Crippen molar-refractivity contribution in [1.82, 2.24) is 4.57 Å². The summed E-state index contributed by atoms with van der Waals surface area (Å²) in [6, 6.07) is 34.0. The zero-order valence-electron chi connectivity index (χ0n) is 30.3. The van der Waals surface area contributed by atoms with Crippen molar-refractivity contribution in [3.05, 3.63) is 179 Å². The van der Waals surface area contributed by atoms with Gasteiger partial charge in [0.15, 0.2) is 0 Å². The first-order chi connectivity index (χ1) is 26.2. The number of nitrogens with zero attached hydrogens (tertiary/aromatic N) is 2. The van der Waals surface area contributed by atoms with Crippen LogP contribution in [0.25, 0.3) is 33.0 Å². The highest BCUT2D eigenvalue weighted by Gasteiger charge is 2.38. The minimum atomic E-state index is 0.00294. The standard InChI is InChI=1S/C50H44N2O/c1-32-50-41(40-16-7-10-21-49(40)53-32)17-11-20-48(50)52-45-19-9-6-15-39(45)43-31-36(25-29-47(43)52)35-24-28-46-42(30-35)38-14-5-8-18-44(38)51(46)37-26-22-34(23-27-37)33-12-3-2-4-13-33/h2-3,5-11,14-19,21-22,24-29,31-34,42,48H,4,12-13,20,23,30H2,1H3/t32-,33?,34?,42?,48?/m1/s1. The number of fused-ring (bicyclic) bond motifs is 8. The van der Waals surface area contributed by atoms with E-state index in [-0.39, 0.29) is 12.1 Å². The van der Waals surface area contributed by atoms with Crippen LogP contribution in [0.15, 0.2) is 163 Å². The van der Waals surface area contributed by atoms with Crippen LogP contribution in [0.2, 0.25) is 0 Å². The number of aromatic nitrogens is 1. The monoisotopic (exact) mass is 688 g/mol. The van der Waals surface area contributed by atoms with Crippen LogP contribution in [0.4, 0.5) is 5.69 Å². The lowest BCUT2D eigenvalue weighted by molar-refractivity contribution is 0.237. The van der Waals surface area contributed by atoms with Crippen molar-refractivity contribution >= 4 is 38.6 Å². The van der Waals surface area contributed by atoms with Crippen LogP contribution < -0.4 is 9.64 Å². The van der Waals surface area contributed by atoms with E-state index in [1.165, 1.54) is 91.6 Å². The van der Waals surface area contributed by atoms with E-state index in [2.05, 4.69) is 162 Å². The molecule has 0 amide bonds. The first-order valence-electron chi connectivity index (χ1n) is 19.7. The van der Waals surface area contributed by atoms with E-state index >= 15 is 0 Å². The van der Waals surface area contributed by atoms with Crippen LogP contribution >= 0.6 is 0 Å². The molecule has 3 heterocycles. The highest BCUT2D eigenvalue weighted by Crippen LogP contribution is 2.53. The molecular formula is C50H44N2O. The van der Waals surface area contributed by atoms with Gasteiger partial charge in [-0.15, -0.1) is 0 Å². The Hall–Kier alpha value is -5.54. The van der Waals surface area contributed by atoms with E-state index in [4.69, 9.17) is 4.74 Å². The van der Waals surface area contributed by atoms with Crippen molar-refractivity contribution in [2.24, 2.45) is 11.8 Å². The van der Waals surface area contributed by atoms with Crippen LogP contribution in [0.1, 0.15) is 74.1 Å². The molecule has 0 saturated carbocycles. The molecule has 5 aromatic rings. The average molecular weight is 689 g/mol. The van der Waals surface area contributed by atoms with Crippen LogP contribution in [-0.2, 0) is 0 Å². The Kier molecular flexibility index (Phi) is 7.18. The minimum Gasteiger partial charge on any atom is -0.486 e. The number of allylic oxidation sites excluding steroid dienone is 12. The van der Waals surface area contributed by atoms with Crippen molar-refractivity contribution in [3.63, 3.8) is 0 Å². The molecule has 0 saturated heterocycles. The molecule has 0 radical (unpaired) electrons. The molecule has 5 atom stereocenters. The number of benzene rings is 4. The lowest BCUT2D eigenvalue weighted by atomic mass is 9.79. The summed E-state index contributed by atoms with van der Waals surface area (Å²) < 4.78 is 9.15. The summed E-state index contributed by atoms with van der Waals surface area (Å²) in [5, 5.41) is 2.64. The van der Waals surface area contributed by atoms with Crippen LogP contribution in [0.5, 0.6) is 5.75 Å². The van der Waals surface area contributed by atoms with E-state index in [1.807, 2.05) is 0 Å². The summed E-state index contributed by atoms with van der Waals surface area (Å²) in [6.07, 6.45) is 28.5. The third-order valence-electron chi connectivity index (χ3n) is 13.0. The molecule has 2 aliphatic heterocycles. The van der Waals surface area contributed by atoms with Gasteiger partial charge in [-0.05, 0) is 122 Å². The molecule has 0 bridgehead atoms. The van der Waals surface area contributed by atoms with Gasteiger partial charge < -0.3 is 14.2 Å². The van der Waals surface area contributed by atoms with Crippen LogP contribution in [0.3, 0.4) is 0 Å². The highest BCUT2D eigenvalue weighted by atomic mass is 16.5. The molecule has 260 valence electrons. The summed E-state index contributed by atoms with van der Waals surface area (Å²) in [6.45, 7) is 2.22. The molecule has 1 aromatic heterocycles. The number of anilines is 1. The highest BCUT2D eigenvalue weighted by molar-refractivity contribution is 6.09. The molecule has 6 aliphatic rings. The summed E-state index contributed by atoms with van der Waals surface area (Å²) in [5.74, 6) is 2.74. The van der Waals surface area contributed by atoms with Crippen LogP contribution in [-0.4, -0.2) is 10.7 Å². The molecule has 0 fully saturated rings. The van der Waals surface area contributed by atoms with Gasteiger partial charge in [0.2, 0.25) is 0 Å². The number of ether oxygens (including phenoxy) is 1. The normalized spacial score (nSPS) is 25.7. The zero-order chi connectivity index (χ0) is 35.0. The van der Waals surface area contributed by atoms with Gasteiger partial charge in [0.25, 0.3) is 0 Å². The smallest absolute Gasteiger partial charge is 0.128 e. The maximum absolute atomic E-state index is 6.56. The third kappa shape index (κ3) is 4.86. The predicted octanol–water partition coefficient (Wildman–Crippen LogP) is 12.6. The molecule has 4 aliphatic carbocycles. The lowest BCUT2D eigenvalue weighted by Gasteiger charge is -2.36. The Balaban J connectivity index is 0.966. The SMILES string of the molecule is C[C@H]1Oc2ccccc2C2=C1C(n1c3ccccc3c3cc(C4=CC=C5C(C4)c4ccccc4N5C4=CCC(C5CC=CCC5)C=C4)ccc31)CC=C2. The molecule has 0 N–H and O–H groups in total. The first-order valence-corrected chi connectivity index (χ1v) is 19.7. The fourth-order valence-electron chi connectivity index (χ4n) is 10.4. The molecule has 53 heavy (non-hydrogen) atoms. The van der Waals surface area contributed by atoms with Gasteiger partial charge in [-0.3, -0.25) is 0 Å². The molecule has 4 aromatic carbocycles. The van der Waals surface area contributed by atoms with Crippen molar-refractivity contribution in [2.45, 2.75) is 63.5 Å².